The summed E-state index contributed by atoms with van der Waals surface area (Å²) in [6, 6.07) is 9.75. The van der Waals surface area contributed by atoms with Crippen LogP contribution in [0.5, 0.6) is 0 Å². The van der Waals surface area contributed by atoms with E-state index in [-0.39, 0.29) is 17.7 Å². The fourth-order valence-electron chi connectivity index (χ4n) is 3.19. The van der Waals surface area contributed by atoms with Gasteiger partial charge in [-0.3, -0.25) is 4.79 Å². The van der Waals surface area contributed by atoms with E-state index in [1.165, 1.54) is 19.3 Å². The summed E-state index contributed by atoms with van der Waals surface area (Å²) in [4.78, 5) is 12.4. The van der Waals surface area contributed by atoms with Crippen molar-refractivity contribution in [1.29, 1.82) is 0 Å². The molecule has 1 aliphatic carbocycles. The van der Waals surface area contributed by atoms with Gasteiger partial charge in [-0.05, 0) is 30.7 Å². The van der Waals surface area contributed by atoms with E-state index in [4.69, 9.17) is 5.73 Å². The zero-order chi connectivity index (χ0) is 13.7. The van der Waals surface area contributed by atoms with Crippen molar-refractivity contribution in [3.05, 3.63) is 35.9 Å². The van der Waals surface area contributed by atoms with Crippen LogP contribution in [0.25, 0.3) is 0 Å². The number of carbonyl (C=O) groups excluding carboxylic acids is 1. The maximum Gasteiger partial charge on any atom is 0.152 e. The summed E-state index contributed by atoms with van der Waals surface area (Å²) in [7, 11) is 0. The van der Waals surface area contributed by atoms with Crippen LogP contribution in [0.4, 0.5) is 0 Å². The highest BCUT2D eigenvalue weighted by atomic mass is 16.1. The molecule has 1 fully saturated rings. The molecule has 0 spiro atoms. The molecule has 2 heteroatoms. The lowest BCUT2D eigenvalue weighted by atomic mass is 9.76. The van der Waals surface area contributed by atoms with Crippen LogP contribution in [-0.4, -0.2) is 11.8 Å². The predicted octanol–water partition coefficient (Wildman–Crippen LogP) is 3.34. The molecular formula is C17H25NO. The molecular weight excluding hydrogens is 234 g/mol. The number of nitrogens with two attached hydrogens (primary N) is 1. The molecule has 1 aromatic rings. The largest absolute Gasteiger partial charge is 0.321 e. The van der Waals surface area contributed by atoms with Crippen molar-refractivity contribution in [3.8, 4) is 0 Å². The third-order valence-corrected chi connectivity index (χ3v) is 4.43. The zero-order valence-electron chi connectivity index (χ0n) is 11.8. The predicted molar refractivity (Wildman–Crippen MR) is 78.9 cm³/mol. The van der Waals surface area contributed by atoms with E-state index >= 15 is 0 Å². The van der Waals surface area contributed by atoms with Gasteiger partial charge in [0.15, 0.2) is 5.78 Å². The van der Waals surface area contributed by atoms with Crippen molar-refractivity contribution in [2.24, 2.45) is 17.6 Å². The lowest BCUT2D eigenvalue weighted by Crippen LogP contribution is -2.39. The molecule has 2 nitrogen and oxygen atoms in total. The fourth-order valence-corrected chi connectivity index (χ4v) is 3.19. The maximum absolute atomic E-state index is 12.4. The summed E-state index contributed by atoms with van der Waals surface area (Å²) in [5.41, 5.74) is 7.28. The number of hydrogen-bond acceptors (Lipinski definition) is 2. The van der Waals surface area contributed by atoms with Crippen molar-refractivity contribution < 1.29 is 4.79 Å². The zero-order valence-corrected chi connectivity index (χ0v) is 11.8. The first-order valence-corrected chi connectivity index (χ1v) is 7.54. The summed E-state index contributed by atoms with van der Waals surface area (Å²) in [5, 5.41) is 0. The lowest BCUT2D eigenvalue weighted by molar-refractivity contribution is -0.125. The minimum atomic E-state index is -0.331. The van der Waals surface area contributed by atoms with Crippen molar-refractivity contribution in [1.82, 2.24) is 0 Å². The smallest absolute Gasteiger partial charge is 0.152 e. The Morgan fingerprint density at radius 3 is 2.74 bits per heavy atom. The summed E-state index contributed by atoms with van der Waals surface area (Å²) in [6.07, 6.45) is 6.43. The van der Waals surface area contributed by atoms with Gasteiger partial charge < -0.3 is 5.73 Å². The van der Waals surface area contributed by atoms with Crippen LogP contribution >= 0.6 is 0 Å². The SMILES string of the molecule is CCC1CCCC(C(=O)C(N)Cc2ccccc2)C1. The summed E-state index contributed by atoms with van der Waals surface area (Å²) < 4.78 is 0. The fraction of sp³-hybridized carbons (Fsp3) is 0.588. The van der Waals surface area contributed by atoms with Gasteiger partial charge >= 0.3 is 0 Å². The lowest BCUT2D eigenvalue weighted by Gasteiger charge is -2.29. The molecule has 3 atom stereocenters. The van der Waals surface area contributed by atoms with Gasteiger partial charge in [-0.2, -0.15) is 0 Å². The third kappa shape index (κ3) is 3.90. The van der Waals surface area contributed by atoms with E-state index in [9.17, 15) is 4.79 Å². The second-order valence-corrected chi connectivity index (χ2v) is 5.84. The molecule has 0 bridgehead atoms. The maximum atomic E-state index is 12.4. The van der Waals surface area contributed by atoms with Crippen molar-refractivity contribution in [2.45, 2.75) is 51.5 Å². The van der Waals surface area contributed by atoms with Crippen LogP contribution < -0.4 is 5.73 Å². The highest BCUT2D eigenvalue weighted by Crippen LogP contribution is 2.32. The molecule has 2 N–H and O–H groups in total. The Morgan fingerprint density at radius 2 is 2.05 bits per heavy atom. The quantitative estimate of drug-likeness (QED) is 0.881. The first-order valence-electron chi connectivity index (χ1n) is 7.54. The van der Waals surface area contributed by atoms with Crippen LogP contribution in [0, 0.1) is 11.8 Å². The van der Waals surface area contributed by atoms with Gasteiger partial charge in [-0.15, -0.1) is 0 Å². The Balaban J connectivity index is 1.91. The highest BCUT2D eigenvalue weighted by molar-refractivity contribution is 5.86. The number of carbonyl (C=O) groups is 1. The van der Waals surface area contributed by atoms with E-state index in [2.05, 4.69) is 6.92 Å². The monoisotopic (exact) mass is 259 g/mol. The molecule has 1 saturated carbocycles. The van der Waals surface area contributed by atoms with Crippen molar-refractivity contribution in [2.75, 3.05) is 0 Å². The normalized spacial score (nSPS) is 24.9. The van der Waals surface area contributed by atoms with Gasteiger partial charge in [0.05, 0.1) is 6.04 Å². The van der Waals surface area contributed by atoms with Crippen LogP contribution in [-0.2, 0) is 11.2 Å². The number of hydrogen-bond donors (Lipinski definition) is 1. The van der Waals surface area contributed by atoms with Crippen LogP contribution in [0.1, 0.15) is 44.6 Å². The molecule has 1 aromatic carbocycles. The molecule has 0 heterocycles. The van der Waals surface area contributed by atoms with Crippen LogP contribution in [0.3, 0.4) is 0 Å². The van der Waals surface area contributed by atoms with Gasteiger partial charge in [0, 0.05) is 5.92 Å². The third-order valence-electron chi connectivity index (χ3n) is 4.43. The van der Waals surface area contributed by atoms with Gasteiger partial charge in [0.1, 0.15) is 0 Å². The minimum absolute atomic E-state index is 0.206. The molecule has 2 rings (SSSR count). The highest BCUT2D eigenvalue weighted by Gasteiger charge is 2.29. The Morgan fingerprint density at radius 1 is 1.32 bits per heavy atom. The molecule has 0 radical (unpaired) electrons. The molecule has 1 aliphatic rings. The Hall–Kier alpha value is -1.15. The van der Waals surface area contributed by atoms with E-state index in [0.29, 0.717) is 6.42 Å². The topological polar surface area (TPSA) is 43.1 Å². The molecule has 0 aliphatic heterocycles. The molecule has 104 valence electrons. The van der Waals surface area contributed by atoms with Gasteiger partial charge in [-0.25, -0.2) is 0 Å². The summed E-state index contributed by atoms with van der Waals surface area (Å²) in [6.45, 7) is 2.22. The van der Waals surface area contributed by atoms with E-state index in [1.54, 1.807) is 0 Å². The average Bonchev–Trinajstić information content (AvgIpc) is 2.47. The second kappa shape index (κ2) is 6.85. The number of Topliss-reactive ketones (excluding diaryl/α,β-unsaturated/α-hetero) is 1. The first kappa shape index (κ1) is 14.3. The summed E-state index contributed by atoms with van der Waals surface area (Å²) in [5.74, 6) is 1.21. The van der Waals surface area contributed by atoms with E-state index < -0.39 is 0 Å². The van der Waals surface area contributed by atoms with Crippen molar-refractivity contribution >= 4 is 5.78 Å². The number of rotatable bonds is 5. The van der Waals surface area contributed by atoms with Crippen molar-refractivity contribution in [3.63, 3.8) is 0 Å². The number of benzene rings is 1. The molecule has 0 amide bonds. The molecule has 3 unspecified atom stereocenters. The Kier molecular flexibility index (Phi) is 5.15. The van der Waals surface area contributed by atoms with Crippen LogP contribution in [0.2, 0.25) is 0 Å². The first-order chi connectivity index (χ1) is 9.20. The summed E-state index contributed by atoms with van der Waals surface area (Å²) >= 11 is 0. The van der Waals surface area contributed by atoms with Gasteiger partial charge in [-0.1, -0.05) is 56.5 Å². The standard InChI is InChI=1S/C17H25NO/c1-2-13-9-6-10-15(11-13)17(19)16(18)12-14-7-4-3-5-8-14/h3-5,7-8,13,15-16H,2,6,9-12,18H2,1H3. The van der Waals surface area contributed by atoms with Crippen LogP contribution in [0.15, 0.2) is 30.3 Å². The average molecular weight is 259 g/mol. The second-order valence-electron chi connectivity index (χ2n) is 5.84. The van der Waals surface area contributed by atoms with E-state index in [0.717, 1.165) is 24.3 Å². The van der Waals surface area contributed by atoms with Gasteiger partial charge in [0.25, 0.3) is 0 Å². The van der Waals surface area contributed by atoms with Gasteiger partial charge in [0.2, 0.25) is 0 Å². The molecule has 19 heavy (non-hydrogen) atoms. The molecule has 0 aromatic heterocycles. The van der Waals surface area contributed by atoms with E-state index in [1.807, 2.05) is 30.3 Å². The molecule has 0 saturated heterocycles. The number of ketones is 1. The minimum Gasteiger partial charge on any atom is -0.321 e. The Bertz CT molecular complexity index is 401. The Labute approximate surface area is 116 Å².